The van der Waals surface area contributed by atoms with Crippen molar-refractivity contribution in [2.24, 2.45) is 0 Å². The zero-order chi connectivity index (χ0) is 15.6. The molecule has 0 N–H and O–H groups in total. The molecule has 2 heterocycles. The number of aromatic nitrogens is 2. The highest BCUT2D eigenvalue weighted by molar-refractivity contribution is 7.17. The quantitative estimate of drug-likeness (QED) is 0.363. The number of carbonyl (C=O) groups is 2. The van der Waals surface area contributed by atoms with Crippen LogP contribution in [0.4, 0.5) is 5.69 Å². The molecule has 2 rings (SSSR count). The van der Waals surface area contributed by atoms with Gasteiger partial charge in [-0.1, -0.05) is 0 Å². The first-order valence-electron chi connectivity index (χ1n) is 5.95. The normalized spacial score (nSPS) is 10.4. The Morgan fingerprint density at radius 1 is 1.52 bits per heavy atom. The van der Waals surface area contributed by atoms with Gasteiger partial charge in [-0.25, -0.2) is 9.48 Å². The van der Waals surface area contributed by atoms with Gasteiger partial charge in [-0.05, 0) is 13.8 Å². The topological polar surface area (TPSA) is 104 Å². The van der Waals surface area contributed by atoms with Crippen molar-refractivity contribution in [1.82, 2.24) is 9.78 Å². The molecule has 0 spiro atoms. The molecule has 21 heavy (non-hydrogen) atoms. The van der Waals surface area contributed by atoms with Crippen molar-refractivity contribution in [3.63, 3.8) is 0 Å². The number of hydrogen-bond acceptors (Lipinski definition) is 7. The lowest BCUT2D eigenvalue weighted by Gasteiger charge is -1.97. The second-order valence-electron chi connectivity index (χ2n) is 4.01. The number of esters is 1. The van der Waals surface area contributed by atoms with Gasteiger partial charge in [0.25, 0.3) is 0 Å². The average Bonchev–Trinajstić information content (AvgIpc) is 3.05. The van der Waals surface area contributed by atoms with Crippen LogP contribution in [0.3, 0.4) is 0 Å². The largest absolute Gasteiger partial charge is 0.462 e. The molecule has 9 heteroatoms. The summed E-state index contributed by atoms with van der Waals surface area (Å²) >= 11 is 0.945. The SMILES string of the molecule is CCOC(=O)c1cnn(-c2sc(C(C)=O)cc2[N+](=O)[O-])c1. The van der Waals surface area contributed by atoms with Gasteiger partial charge in [0.15, 0.2) is 10.8 Å². The summed E-state index contributed by atoms with van der Waals surface area (Å²) in [6.45, 7) is 3.22. The number of thiophene rings is 1. The van der Waals surface area contributed by atoms with E-state index < -0.39 is 10.9 Å². The van der Waals surface area contributed by atoms with E-state index in [2.05, 4.69) is 5.10 Å². The highest BCUT2D eigenvalue weighted by Gasteiger charge is 2.23. The van der Waals surface area contributed by atoms with Crippen LogP contribution in [0.15, 0.2) is 18.5 Å². The van der Waals surface area contributed by atoms with Crippen molar-refractivity contribution in [1.29, 1.82) is 0 Å². The molecule has 0 aliphatic carbocycles. The number of Topliss-reactive ketones (excluding diaryl/α,β-unsaturated/α-hetero) is 1. The van der Waals surface area contributed by atoms with E-state index in [1.165, 1.54) is 30.1 Å². The van der Waals surface area contributed by atoms with Crippen molar-refractivity contribution in [3.05, 3.63) is 39.0 Å². The van der Waals surface area contributed by atoms with Gasteiger partial charge in [0.05, 0.1) is 28.2 Å². The summed E-state index contributed by atoms with van der Waals surface area (Å²) in [6, 6.07) is 1.20. The fourth-order valence-corrected chi connectivity index (χ4v) is 2.55. The second-order valence-corrected chi connectivity index (χ2v) is 5.04. The van der Waals surface area contributed by atoms with Crippen LogP contribution in [0.2, 0.25) is 0 Å². The predicted molar refractivity (Wildman–Crippen MR) is 74.1 cm³/mol. The van der Waals surface area contributed by atoms with E-state index in [0.717, 1.165) is 11.3 Å². The highest BCUT2D eigenvalue weighted by atomic mass is 32.1. The third-order valence-corrected chi connectivity index (χ3v) is 3.75. The molecular formula is C12H11N3O5S. The van der Waals surface area contributed by atoms with E-state index >= 15 is 0 Å². The molecule has 0 saturated heterocycles. The molecule has 0 bridgehead atoms. The zero-order valence-electron chi connectivity index (χ0n) is 11.2. The van der Waals surface area contributed by atoms with Crippen LogP contribution in [0, 0.1) is 10.1 Å². The molecule has 0 fully saturated rings. The number of ether oxygens (including phenoxy) is 1. The monoisotopic (exact) mass is 309 g/mol. The van der Waals surface area contributed by atoms with Crippen LogP contribution < -0.4 is 0 Å². The molecule has 0 atom stereocenters. The summed E-state index contributed by atoms with van der Waals surface area (Å²) in [5, 5.41) is 15.1. The lowest BCUT2D eigenvalue weighted by atomic mass is 10.3. The smallest absolute Gasteiger partial charge is 0.341 e. The second kappa shape index (κ2) is 5.83. The molecule has 0 unspecified atom stereocenters. The first-order chi connectivity index (χ1) is 9.93. The van der Waals surface area contributed by atoms with E-state index in [0.29, 0.717) is 0 Å². The number of nitro groups is 1. The Bertz CT molecular complexity index is 718. The average molecular weight is 309 g/mol. The minimum atomic E-state index is -0.593. The van der Waals surface area contributed by atoms with Crippen LogP contribution >= 0.6 is 11.3 Å². The van der Waals surface area contributed by atoms with E-state index in [1.807, 2.05) is 0 Å². The van der Waals surface area contributed by atoms with Gasteiger partial charge < -0.3 is 4.74 Å². The Morgan fingerprint density at radius 3 is 2.81 bits per heavy atom. The predicted octanol–water partition coefficient (Wildman–Crippen LogP) is 2.22. The lowest BCUT2D eigenvalue weighted by molar-refractivity contribution is -0.384. The number of rotatable bonds is 5. The summed E-state index contributed by atoms with van der Waals surface area (Å²) in [5.41, 5.74) is -0.0485. The molecule has 0 saturated carbocycles. The van der Waals surface area contributed by atoms with Crippen molar-refractivity contribution < 1.29 is 19.2 Å². The van der Waals surface area contributed by atoms with Gasteiger partial charge in [-0.15, -0.1) is 11.3 Å². The minimum Gasteiger partial charge on any atom is -0.462 e. The van der Waals surface area contributed by atoms with Crippen molar-refractivity contribution in [2.75, 3.05) is 6.61 Å². The third-order valence-electron chi connectivity index (χ3n) is 2.54. The van der Waals surface area contributed by atoms with Crippen molar-refractivity contribution in [3.8, 4) is 5.00 Å². The number of nitrogens with zero attached hydrogens (tertiary/aromatic N) is 3. The summed E-state index contributed by atoms with van der Waals surface area (Å²) in [6.07, 6.45) is 2.59. The lowest BCUT2D eigenvalue weighted by Crippen LogP contribution is -2.03. The molecule has 0 radical (unpaired) electrons. The van der Waals surface area contributed by atoms with Gasteiger partial charge in [0.1, 0.15) is 0 Å². The van der Waals surface area contributed by atoms with Crippen LogP contribution in [0.1, 0.15) is 33.9 Å². The number of hydrogen-bond donors (Lipinski definition) is 0. The van der Waals surface area contributed by atoms with Gasteiger partial charge in [-0.2, -0.15) is 5.10 Å². The van der Waals surface area contributed by atoms with Crippen molar-refractivity contribution >= 4 is 28.8 Å². The molecule has 110 valence electrons. The maximum absolute atomic E-state index is 11.6. The van der Waals surface area contributed by atoms with E-state index in [-0.39, 0.29) is 33.5 Å². The minimum absolute atomic E-state index is 0.167. The number of ketones is 1. The fraction of sp³-hybridized carbons (Fsp3) is 0.250. The molecular weight excluding hydrogens is 298 g/mol. The number of carbonyl (C=O) groups excluding carboxylic acids is 2. The van der Waals surface area contributed by atoms with Gasteiger partial charge in [0, 0.05) is 12.3 Å². The van der Waals surface area contributed by atoms with Gasteiger partial charge in [0.2, 0.25) is 0 Å². The van der Waals surface area contributed by atoms with E-state index in [1.54, 1.807) is 6.92 Å². The third kappa shape index (κ3) is 2.97. The first kappa shape index (κ1) is 14.9. The molecule has 0 aliphatic rings. The summed E-state index contributed by atoms with van der Waals surface area (Å²) in [7, 11) is 0. The Hall–Kier alpha value is -2.55. The standard InChI is InChI=1S/C12H11N3O5S/c1-3-20-12(17)8-5-13-14(6-8)11-9(15(18)19)4-10(21-11)7(2)16/h4-6H,3H2,1-2H3. The van der Waals surface area contributed by atoms with Gasteiger partial charge in [-0.3, -0.25) is 14.9 Å². The Balaban J connectivity index is 2.44. The summed E-state index contributed by atoms with van der Waals surface area (Å²) in [4.78, 5) is 33.6. The highest BCUT2D eigenvalue weighted by Crippen LogP contribution is 2.32. The van der Waals surface area contributed by atoms with Gasteiger partial charge >= 0.3 is 11.7 Å². The van der Waals surface area contributed by atoms with Crippen LogP contribution in [0.5, 0.6) is 0 Å². The fourth-order valence-electron chi connectivity index (χ4n) is 1.59. The molecule has 8 nitrogen and oxygen atoms in total. The Morgan fingerprint density at radius 2 is 2.24 bits per heavy atom. The van der Waals surface area contributed by atoms with Crippen LogP contribution in [0.25, 0.3) is 5.00 Å². The van der Waals surface area contributed by atoms with Crippen LogP contribution in [-0.4, -0.2) is 33.1 Å². The maximum atomic E-state index is 11.6. The summed E-state index contributed by atoms with van der Waals surface area (Å²) in [5.74, 6) is -0.832. The van der Waals surface area contributed by atoms with Crippen LogP contribution in [-0.2, 0) is 4.74 Å². The van der Waals surface area contributed by atoms with Crippen molar-refractivity contribution in [2.45, 2.75) is 13.8 Å². The molecule has 0 aliphatic heterocycles. The molecule has 2 aromatic rings. The molecule has 0 aromatic carbocycles. The Labute approximate surface area is 123 Å². The molecule has 0 amide bonds. The zero-order valence-corrected chi connectivity index (χ0v) is 12.0. The Kier molecular flexibility index (Phi) is 4.13. The summed E-state index contributed by atoms with van der Waals surface area (Å²) < 4.78 is 6.02. The maximum Gasteiger partial charge on any atom is 0.341 e. The molecule has 2 aromatic heterocycles. The van der Waals surface area contributed by atoms with E-state index in [4.69, 9.17) is 4.74 Å². The van der Waals surface area contributed by atoms with E-state index in [9.17, 15) is 19.7 Å². The first-order valence-corrected chi connectivity index (χ1v) is 6.77.